The molecular formula is C24H21FN. The number of aryl methyl sites for hydroxylation is 3. The lowest BCUT2D eigenvalue weighted by molar-refractivity contribution is 0.627. The highest BCUT2D eigenvalue weighted by Crippen LogP contribution is 2.21. The second kappa shape index (κ2) is 7.17. The van der Waals surface area contributed by atoms with E-state index in [1.54, 1.807) is 0 Å². The first-order valence-electron chi connectivity index (χ1n) is 8.98. The Morgan fingerprint density at radius 3 is 2.58 bits per heavy atom. The van der Waals surface area contributed by atoms with E-state index in [0.29, 0.717) is 0 Å². The van der Waals surface area contributed by atoms with E-state index in [1.807, 2.05) is 12.1 Å². The summed E-state index contributed by atoms with van der Waals surface area (Å²) in [7, 11) is 0. The molecule has 1 N–H and O–H groups in total. The molecule has 1 heterocycles. The molecule has 0 spiro atoms. The van der Waals surface area contributed by atoms with Gasteiger partial charge in [-0.15, -0.1) is 0 Å². The van der Waals surface area contributed by atoms with Gasteiger partial charge in [0.05, 0.1) is 0 Å². The molecule has 0 saturated heterocycles. The molecule has 4 rings (SSSR count). The molecule has 0 aliphatic rings. The zero-order valence-electron chi connectivity index (χ0n) is 14.9. The Morgan fingerprint density at radius 1 is 0.962 bits per heavy atom. The molecule has 0 bridgehead atoms. The number of aromatic nitrogens is 1. The number of hydrogen-bond donors (Lipinski definition) is 1. The molecule has 0 fully saturated rings. The molecule has 129 valence electrons. The summed E-state index contributed by atoms with van der Waals surface area (Å²) in [4.78, 5) is 3.35. The van der Waals surface area contributed by atoms with Crippen LogP contribution in [0.25, 0.3) is 10.9 Å². The molecule has 26 heavy (non-hydrogen) atoms. The number of fused-ring (bicyclic) bond motifs is 1. The molecule has 0 atom stereocenters. The van der Waals surface area contributed by atoms with Gasteiger partial charge < -0.3 is 4.98 Å². The zero-order valence-corrected chi connectivity index (χ0v) is 14.9. The third-order valence-corrected chi connectivity index (χ3v) is 4.98. The molecule has 0 saturated carbocycles. The Bertz CT molecular complexity index is 1030. The molecule has 0 aliphatic heterocycles. The number of benzene rings is 3. The van der Waals surface area contributed by atoms with Crippen LogP contribution in [-0.2, 0) is 19.3 Å². The predicted octanol–water partition coefficient (Wildman–Crippen LogP) is 5.79. The van der Waals surface area contributed by atoms with E-state index in [1.165, 1.54) is 39.7 Å². The van der Waals surface area contributed by atoms with Crippen molar-refractivity contribution in [2.75, 3.05) is 0 Å². The minimum absolute atomic E-state index is 0.193. The number of para-hydroxylation sites is 1. The first-order chi connectivity index (χ1) is 12.7. The van der Waals surface area contributed by atoms with Gasteiger partial charge in [-0.1, -0.05) is 42.5 Å². The Morgan fingerprint density at radius 2 is 1.73 bits per heavy atom. The molecule has 4 aromatic rings. The molecule has 0 aliphatic carbocycles. The minimum atomic E-state index is -0.193. The molecule has 0 amide bonds. The third-order valence-electron chi connectivity index (χ3n) is 4.98. The largest absolute Gasteiger partial charge is 0.361 e. The summed E-state index contributed by atoms with van der Waals surface area (Å²) >= 11 is 0. The van der Waals surface area contributed by atoms with E-state index < -0.39 is 0 Å². The monoisotopic (exact) mass is 342 g/mol. The van der Waals surface area contributed by atoms with Crippen molar-refractivity contribution in [2.45, 2.75) is 26.2 Å². The molecule has 1 radical (unpaired) electrons. The lowest BCUT2D eigenvalue weighted by atomic mass is 9.96. The van der Waals surface area contributed by atoms with Gasteiger partial charge in [0.25, 0.3) is 0 Å². The molecule has 2 heteroatoms. The highest BCUT2D eigenvalue weighted by Gasteiger charge is 2.07. The van der Waals surface area contributed by atoms with Crippen molar-refractivity contribution in [1.29, 1.82) is 0 Å². The Kier molecular flexibility index (Phi) is 4.57. The molecular weight excluding hydrogens is 321 g/mol. The molecule has 1 nitrogen and oxygen atoms in total. The Labute approximate surface area is 153 Å². The fraction of sp³-hybridized carbons (Fsp3) is 0.167. The van der Waals surface area contributed by atoms with E-state index in [4.69, 9.17) is 0 Å². The average Bonchev–Trinajstić information content (AvgIpc) is 3.07. The van der Waals surface area contributed by atoms with Gasteiger partial charge in [-0.2, -0.15) is 0 Å². The van der Waals surface area contributed by atoms with Crippen LogP contribution in [0.1, 0.15) is 27.8 Å². The summed E-state index contributed by atoms with van der Waals surface area (Å²) in [5, 5.41) is 1.30. The van der Waals surface area contributed by atoms with Crippen molar-refractivity contribution in [3.63, 3.8) is 0 Å². The molecule has 1 aromatic heterocycles. The number of H-pyrrole nitrogens is 1. The second-order valence-corrected chi connectivity index (χ2v) is 6.83. The van der Waals surface area contributed by atoms with Crippen LogP contribution in [0.5, 0.6) is 0 Å². The highest BCUT2D eigenvalue weighted by molar-refractivity contribution is 5.83. The maximum absolute atomic E-state index is 13.1. The maximum Gasteiger partial charge on any atom is 0.123 e. The van der Waals surface area contributed by atoms with Gasteiger partial charge in [0.2, 0.25) is 0 Å². The predicted molar refractivity (Wildman–Crippen MR) is 105 cm³/mol. The number of rotatable bonds is 5. The smallest absolute Gasteiger partial charge is 0.123 e. The van der Waals surface area contributed by atoms with Crippen LogP contribution in [-0.4, -0.2) is 4.98 Å². The van der Waals surface area contributed by atoms with Gasteiger partial charge >= 0.3 is 0 Å². The SMILES string of the molecule is Cc1c[c]c(Cc2ccc(F)cc2)cc1CCc1c[nH]c2ccccc12. The minimum Gasteiger partial charge on any atom is -0.361 e. The van der Waals surface area contributed by atoms with E-state index in [-0.39, 0.29) is 5.82 Å². The van der Waals surface area contributed by atoms with Crippen LogP contribution in [0.15, 0.2) is 66.9 Å². The zero-order chi connectivity index (χ0) is 17.9. The van der Waals surface area contributed by atoms with Crippen molar-refractivity contribution >= 4 is 10.9 Å². The Hall–Kier alpha value is -2.87. The lowest BCUT2D eigenvalue weighted by Gasteiger charge is -2.09. The van der Waals surface area contributed by atoms with Gasteiger partial charge in [0, 0.05) is 17.1 Å². The number of nitrogens with one attached hydrogen (secondary N) is 1. The van der Waals surface area contributed by atoms with Gasteiger partial charge in [-0.3, -0.25) is 0 Å². The van der Waals surface area contributed by atoms with E-state index >= 15 is 0 Å². The summed E-state index contributed by atoms with van der Waals surface area (Å²) < 4.78 is 13.1. The number of hydrogen-bond acceptors (Lipinski definition) is 0. The summed E-state index contributed by atoms with van der Waals surface area (Å²) in [5.41, 5.74) is 7.43. The molecule has 3 aromatic carbocycles. The van der Waals surface area contributed by atoms with Crippen molar-refractivity contribution in [2.24, 2.45) is 0 Å². The van der Waals surface area contributed by atoms with E-state index in [0.717, 1.165) is 30.4 Å². The lowest BCUT2D eigenvalue weighted by Crippen LogP contribution is -1.97. The van der Waals surface area contributed by atoms with Gasteiger partial charge in [-0.05, 0) is 78.3 Å². The summed E-state index contributed by atoms with van der Waals surface area (Å²) in [6, 6.07) is 22.8. The van der Waals surface area contributed by atoms with Gasteiger partial charge in [0.15, 0.2) is 0 Å². The van der Waals surface area contributed by atoms with Crippen molar-refractivity contribution < 1.29 is 4.39 Å². The van der Waals surface area contributed by atoms with E-state index in [9.17, 15) is 4.39 Å². The highest BCUT2D eigenvalue weighted by atomic mass is 19.1. The molecule has 0 unspecified atom stereocenters. The van der Waals surface area contributed by atoms with E-state index in [2.05, 4.69) is 60.6 Å². The van der Waals surface area contributed by atoms with Crippen molar-refractivity contribution in [3.05, 3.63) is 107 Å². The van der Waals surface area contributed by atoms with Crippen molar-refractivity contribution in [1.82, 2.24) is 4.98 Å². The fourth-order valence-electron chi connectivity index (χ4n) is 3.46. The number of halogens is 1. The van der Waals surface area contributed by atoms with Crippen LogP contribution in [0.2, 0.25) is 0 Å². The summed E-state index contributed by atoms with van der Waals surface area (Å²) in [6.45, 7) is 2.14. The summed E-state index contributed by atoms with van der Waals surface area (Å²) in [5.74, 6) is -0.193. The number of aromatic amines is 1. The van der Waals surface area contributed by atoms with Crippen LogP contribution >= 0.6 is 0 Å². The quantitative estimate of drug-likeness (QED) is 0.472. The second-order valence-electron chi connectivity index (χ2n) is 6.83. The van der Waals surface area contributed by atoms with Crippen LogP contribution in [0.4, 0.5) is 4.39 Å². The first kappa shape index (κ1) is 16.6. The fourth-order valence-corrected chi connectivity index (χ4v) is 3.46. The van der Waals surface area contributed by atoms with Crippen LogP contribution in [0, 0.1) is 18.8 Å². The third kappa shape index (κ3) is 3.55. The first-order valence-corrected chi connectivity index (χ1v) is 8.98. The normalized spacial score (nSPS) is 11.2. The average molecular weight is 342 g/mol. The van der Waals surface area contributed by atoms with Crippen molar-refractivity contribution in [3.8, 4) is 0 Å². The maximum atomic E-state index is 13.1. The Balaban J connectivity index is 1.52. The van der Waals surface area contributed by atoms with Gasteiger partial charge in [-0.25, -0.2) is 4.39 Å². The van der Waals surface area contributed by atoms with Crippen LogP contribution in [0.3, 0.4) is 0 Å². The summed E-state index contributed by atoms with van der Waals surface area (Å²) in [6.07, 6.45) is 4.90. The van der Waals surface area contributed by atoms with Crippen LogP contribution < -0.4 is 0 Å². The standard InChI is InChI=1S/C24H21FN/c1-17-6-7-19(14-18-8-12-22(25)13-9-18)15-20(17)10-11-21-16-26-24-5-3-2-4-23(21)24/h2-6,8-9,12-13,15-16,26H,10-11,14H2,1H3. The topological polar surface area (TPSA) is 15.8 Å². The van der Waals surface area contributed by atoms with Gasteiger partial charge in [0.1, 0.15) is 5.82 Å².